The van der Waals surface area contributed by atoms with Crippen molar-refractivity contribution < 1.29 is 14.3 Å². The van der Waals surface area contributed by atoms with Crippen LogP contribution in [0.25, 0.3) is 0 Å². The number of hydrogen-bond donors (Lipinski definition) is 1. The second-order valence-corrected chi connectivity index (χ2v) is 6.34. The smallest absolute Gasteiger partial charge is 0.412 e. The Balaban J connectivity index is 1.66. The van der Waals surface area contributed by atoms with Gasteiger partial charge in [0, 0.05) is 6.04 Å². The monoisotopic (exact) mass is 352 g/mol. The molecule has 1 aliphatic heterocycles. The molecule has 2 aromatic rings. The van der Waals surface area contributed by atoms with Gasteiger partial charge in [0.25, 0.3) is 0 Å². The van der Waals surface area contributed by atoms with Gasteiger partial charge in [0.05, 0.1) is 12.6 Å². The van der Waals surface area contributed by atoms with Crippen LogP contribution in [0.2, 0.25) is 0 Å². The van der Waals surface area contributed by atoms with Crippen LogP contribution >= 0.6 is 0 Å². The molecule has 0 radical (unpaired) electrons. The Bertz CT molecular complexity index is 733. The molecular formula is C21H24N2O3. The molecule has 5 nitrogen and oxygen atoms in total. The number of nitrogens with two attached hydrogens (primary N) is 1. The van der Waals surface area contributed by atoms with E-state index >= 15 is 0 Å². The van der Waals surface area contributed by atoms with E-state index in [-0.39, 0.29) is 18.7 Å². The van der Waals surface area contributed by atoms with Gasteiger partial charge in [-0.15, -0.1) is 0 Å². The minimum Gasteiger partial charge on any atom is -0.444 e. The highest BCUT2D eigenvalue weighted by molar-refractivity contribution is 5.69. The molecule has 0 fully saturated rings. The first-order valence-corrected chi connectivity index (χ1v) is 8.73. The number of amides is 1. The molecule has 0 unspecified atom stereocenters. The average molecular weight is 352 g/mol. The highest BCUT2D eigenvalue weighted by Gasteiger charge is 2.34. The molecule has 2 aromatic carbocycles. The molecule has 26 heavy (non-hydrogen) atoms. The first kappa shape index (κ1) is 18.2. The zero-order valence-corrected chi connectivity index (χ0v) is 14.8. The molecule has 0 aliphatic carbocycles. The maximum atomic E-state index is 12.7. The van der Waals surface area contributed by atoms with E-state index in [0.717, 1.165) is 11.1 Å². The molecule has 3 rings (SSSR count). The van der Waals surface area contributed by atoms with Gasteiger partial charge in [0.2, 0.25) is 0 Å². The largest absolute Gasteiger partial charge is 0.444 e. The van der Waals surface area contributed by atoms with E-state index in [1.54, 1.807) is 4.90 Å². The third kappa shape index (κ3) is 4.50. The van der Waals surface area contributed by atoms with Crippen LogP contribution < -0.4 is 5.73 Å². The van der Waals surface area contributed by atoms with Crippen molar-refractivity contribution in [1.82, 2.24) is 4.90 Å². The van der Waals surface area contributed by atoms with Crippen LogP contribution in [-0.2, 0) is 22.7 Å². The Morgan fingerprint density at radius 1 is 0.962 bits per heavy atom. The summed E-state index contributed by atoms with van der Waals surface area (Å²) in [6.45, 7) is 2.52. The van der Waals surface area contributed by atoms with E-state index < -0.39 is 12.3 Å². The molecule has 0 saturated heterocycles. The van der Waals surface area contributed by atoms with Gasteiger partial charge in [-0.2, -0.15) is 0 Å². The lowest BCUT2D eigenvalue weighted by Gasteiger charge is -2.39. The van der Waals surface area contributed by atoms with Gasteiger partial charge in [-0.1, -0.05) is 66.7 Å². The van der Waals surface area contributed by atoms with Gasteiger partial charge in [-0.25, -0.2) is 4.79 Å². The van der Waals surface area contributed by atoms with Crippen molar-refractivity contribution in [3.63, 3.8) is 0 Å². The number of nitrogens with zero attached hydrogens (tertiary/aromatic N) is 1. The summed E-state index contributed by atoms with van der Waals surface area (Å²) in [6.07, 6.45) is 2.76. The van der Waals surface area contributed by atoms with Gasteiger partial charge in [0.1, 0.15) is 6.61 Å². The molecule has 1 heterocycles. The number of ether oxygens (including phenoxy) is 2. The zero-order chi connectivity index (χ0) is 18.4. The summed E-state index contributed by atoms with van der Waals surface area (Å²) < 4.78 is 11.4. The van der Waals surface area contributed by atoms with Crippen molar-refractivity contribution in [2.24, 2.45) is 5.73 Å². The van der Waals surface area contributed by atoms with Crippen LogP contribution in [0.15, 0.2) is 72.8 Å². The van der Waals surface area contributed by atoms with Crippen molar-refractivity contribution in [2.75, 3.05) is 0 Å². The van der Waals surface area contributed by atoms with Crippen molar-refractivity contribution in [1.29, 1.82) is 0 Å². The number of carbonyl (C=O) groups excluding carboxylic acids is 1. The predicted molar refractivity (Wildman–Crippen MR) is 100 cm³/mol. The molecule has 3 atom stereocenters. The van der Waals surface area contributed by atoms with Crippen LogP contribution in [-0.4, -0.2) is 29.3 Å². The van der Waals surface area contributed by atoms with Gasteiger partial charge in [-0.3, -0.25) is 4.90 Å². The fraction of sp³-hybridized carbons (Fsp3) is 0.286. The number of rotatable bonds is 5. The van der Waals surface area contributed by atoms with Crippen molar-refractivity contribution in [2.45, 2.75) is 38.4 Å². The summed E-state index contributed by atoms with van der Waals surface area (Å²) in [6, 6.07) is 19.0. The maximum Gasteiger partial charge on any atom is 0.412 e. The summed E-state index contributed by atoms with van der Waals surface area (Å²) in [5.41, 5.74) is 8.07. The van der Waals surface area contributed by atoms with E-state index in [2.05, 4.69) is 0 Å². The second-order valence-electron chi connectivity index (χ2n) is 6.34. The summed E-state index contributed by atoms with van der Waals surface area (Å²) in [5.74, 6) is 0. The lowest BCUT2D eigenvalue weighted by atomic mass is 10.0. The normalized spacial score (nSPS) is 22.2. The Labute approximate surface area is 154 Å². The minimum absolute atomic E-state index is 0.216. The Hall–Kier alpha value is -2.63. The number of hydrogen-bond acceptors (Lipinski definition) is 4. The van der Waals surface area contributed by atoms with E-state index in [4.69, 9.17) is 15.2 Å². The molecule has 0 aromatic heterocycles. The van der Waals surface area contributed by atoms with Gasteiger partial charge >= 0.3 is 6.09 Å². The third-order valence-electron chi connectivity index (χ3n) is 4.45. The molecule has 1 amide bonds. The van der Waals surface area contributed by atoms with Gasteiger partial charge in [-0.05, 0) is 24.1 Å². The maximum absolute atomic E-state index is 12.7. The Kier molecular flexibility index (Phi) is 6.04. The topological polar surface area (TPSA) is 64.8 Å². The van der Waals surface area contributed by atoms with Crippen LogP contribution in [0.5, 0.6) is 0 Å². The Morgan fingerprint density at radius 2 is 1.54 bits per heavy atom. The molecule has 1 aliphatic rings. The quantitative estimate of drug-likeness (QED) is 0.837. The highest BCUT2D eigenvalue weighted by Crippen LogP contribution is 2.20. The van der Waals surface area contributed by atoms with Crippen LogP contribution in [0.1, 0.15) is 18.1 Å². The summed E-state index contributed by atoms with van der Waals surface area (Å²) in [7, 11) is 0. The predicted octanol–water partition coefficient (Wildman–Crippen LogP) is 3.45. The second kappa shape index (κ2) is 8.65. The molecular weight excluding hydrogens is 328 g/mol. The molecule has 2 N–H and O–H groups in total. The van der Waals surface area contributed by atoms with E-state index in [0.29, 0.717) is 6.61 Å². The summed E-state index contributed by atoms with van der Waals surface area (Å²) in [4.78, 5) is 14.2. The first-order valence-electron chi connectivity index (χ1n) is 8.73. The zero-order valence-electron chi connectivity index (χ0n) is 14.8. The summed E-state index contributed by atoms with van der Waals surface area (Å²) >= 11 is 0. The molecule has 0 bridgehead atoms. The standard InChI is InChI=1S/C21H24N2O3/c1-16-19(22)12-13-20(25-14-17-8-4-2-5-9-17)23(16)21(24)26-15-18-10-6-3-7-11-18/h2-13,16,19-20H,14-15,22H2,1H3/t16-,19+,20-/m1/s1. The molecule has 0 saturated carbocycles. The average Bonchev–Trinajstić information content (AvgIpc) is 2.68. The van der Waals surface area contributed by atoms with Crippen molar-refractivity contribution in [3.05, 3.63) is 83.9 Å². The molecule has 136 valence electrons. The van der Waals surface area contributed by atoms with E-state index in [1.165, 1.54) is 0 Å². The molecule has 0 spiro atoms. The van der Waals surface area contributed by atoms with Gasteiger partial charge < -0.3 is 15.2 Å². The summed E-state index contributed by atoms with van der Waals surface area (Å²) in [5, 5.41) is 0. The van der Waals surface area contributed by atoms with Crippen molar-refractivity contribution >= 4 is 6.09 Å². The first-order chi connectivity index (χ1) is 12.6. The van der Waals surface area contributed by atoms with Crippen LogP contribution in [0, 0.1) is 0 Å². The van der Waals surface area contributed by atoms with E-state index in [1.807, 2.05) is 79.7 Å². The Morgan fingerprint density at radius 3 is 2.15 bits per heavy atom. The lowest BCUT2D eigenvalue weighted by Crippen LogP contribution is -2.55. The van der Waals surface area contributed by atoms with Crippen LogP contribution in [0.4, 0.5) is 4.79 Å². The minimum atomic E-state index is -0.506. The van der Waals surface area contributed by atoms with Crippen LogP contribution in [0.3, 0.4) is 0 Å². The highest BCUT2D eigenvalue weighted by atomic mass is 16.6. The fourth-order valence-electron chi connectivity index (χ4n) is 2.85. The van der Waals surface area contributed by atoms with Crippen molar-refractivity contribution in [3.8, 4) is 0 Å². The molecule has 5 heteroatoms. The number of carbonyl (C=O) groups is 1. The lowest BCUT2D eigenvalue weighted by molar-refractivity contribution is -0.0567. The van der Waals surface area contributed by atoms with Gasteiger partial charge in [0.15, 0.2) is 6.23 Å². The fourth-order valence-corrected chi connectivity index (χ4v) is 2.85. The third-order valence-corrected chi connectivity index (χ3v) is 4.45. The number of benzene rings is 2. The SMILES string of the molecule is C[C@@H]1[C@@H](N)C=C[C@@H](OCc2ccccc2)N1C(=O)OCc1ccccc1. The van der Waals surface area contributed by atoms with E-state index in [9.17, 15) is 4.79 Å².